The summed E-state index contributed by atoms with van der Waals surface area (Å²) in [5.74, 6) is 1.56. The van der Waals surface area contributed by atoms with Crippen molar-refractivity contribution >= 4 is 23.4 Å². The maximum absolute atomic E-state index is 13.0. The van der Waals surface area contributed by atoms with Gasteiger partial charge < -0.3 is 15.0 Å². The summed E-state index contributed by atoms with van der Waals surface area (Å²) in [5.41, 5.74) is 2.70. The van der Waals surface area contributed by atoms with Crippen LogP contribution in [-0.4, -0.2) is 28.6 Å². The summed E-state index contributed by atoms with van der Waals surface area (Å²) in [7, 11) is 1.61. The first-order valence-electron chi connectivity index (χ1n) is 9.17. The van der Waals surface area contributed by atoms with Crippen LogP contribution in [0.3, 0.4) is 0 Å². The van der Waals surface area contributed by atoms with Gasteiger partial charge in [0.25, 0.3) is 5.56 Å². The summed E-state index contributed by atoms with van der Waals surface area (Å²) in [6.45, 7) is 3.70. The Kier molecular flexibility index (Phi) is 5.09. The van der Waals surface area contributed by atoms with Crippen LogP contribution < -0.4 is 15.6 Å². The highest BCUT2D eigenvalue weighted by Crippen LogP contribution is 2.43. The monoisotopic (exact) mass is 395 g/mol. The molecule has 4 rings (SSSR count). The summed E-state index contributed by atoms with van der Waals surface area (Å²) in [5, 5.41) is 3.81. The number of thioether (sulfide) groups is 1. The number of fused-ring (bicyclic) bond motifs is 1. The molecule has 0 saturated carbocycles. The predicted molar refractivity (Wildman–Crippen MR) is 110 cm³/mol. The molecular formula is C21H21N3O3S. The maximum Gasteiger partial charge on any atom is 0.257 e. The first-order valence-corrected chi connectivity index (χ1v) is 10.2. The molecule has 0 amide bonds. The lowest BCUT2D eigenvalue weighted by Crippen LogP contribution is -2.32. The van der Waals surface area contributed by atoms with E-state index in [0.717, 1.165) is 29.9 Å². The third kappa shape index (κ3) is 3.26. The Bertz CT molecular complexity index is 1020. The number of carbonyl (C=O) groups excluding carboxylic acids is 1. The van der Waals surface area contributed by atoms with E-state index in [9.17, 15) is 9.59 Å². The van der Waals surface area contributed by atoms with Gasteiger partial charge in [-0.15, -0.1) is 6.58 Å². The minimum absolute atomic E-state index is 0.0877. The Morgan fingerprint density at radius 3 is 2.79 bits per heavy atom. The van der Waals surface area contributed by atoms with Crippen molar-refractivity contribution in [2.24, 2.45) is 0 Å². The van der Waals surface area contributed by atoms with Gasteiger partial charge >= 0.3 is 0 Å². The lowest BCUT2D eigenvalue weighted by Gasteiger charge is -2.32. The average Bonchev–Trinajstić information content (AvgIpc) is 2.71. The fraction of sp³-hybridized carbons (Fsp3) is 0.286. The number of anilines is 1. The highest BCUT2D eigenvalue weighted by molar-refractivity contribution is 7.99. The summed E-state index contributed by atoms with van der Waals surface area (Å²) in [4.78, 5) is 33.3. The number of H-pyrrole nitrogens is 1. The number of nitrogens with one attached hydrogen (secondary N) is 2. The zero-order chi connectivity index (χ0) is 19.7. The van der Waals surface area contributed by atoms with Gasteiger partial charge in [-0.3, -0.25) is 9.59 Å². The Morgan fingerprint density at radius 2 is 2.07 bits per heavy atom. The van der Waals surface area contributed by atoms with E-state index in [-0.39, 0.29) is 11.3 Å². The van der Waals surface area contributed by atoms with Crippen molar-refractivity contribution in [2.75, 3.05) is 18.2 Å². The van der Waals surface area contributed by atoms with Crippen LogP contribution in [0.25, 0.3) is 0 Å². The van der Waals surface area contributed by atoms with Crippen LogP contribution in [0.1, 0.15) is 36.3 Å². The molecular weight excluding hydrogens is 374 g/mol. The largest absolute Gasteiger partial charge is 0.497 e. The Labute approximate surface area is 167 Å². The molecule has 6 nitrogen and oxygen atoms in total. The second-order valence-electron chi connectivity index (χ2n) is 6.73. The van der Waals surface area contributed by atoms with E-state index >= 15 is 0 Å². The first-order chi connectivity index (χ1) is 13.6. The molecule has 2 heterocycles. The topological polar surface area (TPSA) is 84.1 Å². The molecule has 0 bridgehead atoms. The van der Waals surface area contributed by atoms with Crippen LogP contribution in [0.2, 0.25) is 0 Å². The second kappa shape index (κ2) is 7.67. The number of Topliss-reactive ketones (excluding diaryl/α,β-unsaturated/α-hetero) is 1. The Hall–Kier alpha value is -2.80. The minimum atomic E-state index is -0.431. The Balaban J connectivity index is 1.88. The molecule has 144 valence electrons. The lowest BCUT2D eigenvalue weighted by atomic mass is 9.76. The number of carbonyl (C=O) groups is 1. The van der Waals surface area contributed by atoms with Crippen LogP contribution >= 0.6 is 11.8 Å². The van der Waals surface area contributed by atoms with Crippen molar-refractivity contribution in [2.45, 2.75) is 30.3 Å². The molecule has 1 aromatic carbocycles. The number of ketones is 1. The summed E-state index contributed by atoms with van der Waals surface area (Å²) < 4.78 is 5.25. The standard InChI is InChI=1S/C21H21N3O3S/c1-3-11-28-21-23-19-18(20(26)24-21)16(12-7-9-13(27-2)10-8-12)17-14(22-19)5-4-6-15(17)25/h3,7-10,16H,1,4-6,11H2,2H3,(H2,22,23,24,26)/t16-/m1/s1. The van der Waals surface area contributed by atoms with E-state index in [1.807, 2.05) is 24.3 Å². The smallest absolute Gasteiger partial charge is 0.257 e. The van der Waals surface area contributed by atoms with Gasteiger partial charge in [-0.25, -0.2) is 4.98 Å². The summed E-state index contributed by atoms with van der Waals surface area (Å²) in [6, 6.07) is 7.51. The molecule has 0 fully saturated rings. The molecule has 0 spiro atoms. The molecule has 1 aliphatic heterocycles. The number of aromatic amines is 1. The van der Waals surface area contributed by atoms with Gasteiger partial charge in [0.15, 0.2) is 10.9 Å². The van der Waals surface area contributed by atoms with E-state index in [4.69, 9.17) is 4.74 Å². The highest BCUT2D eigenvalue weighted by atomic mass is 32.2. The van der Waals surface area contributed by atoms with Gasteiger partial charge in [0, 0.05) is 29.4 Å². The van der Waals surface area contributed by atoms with E-state index in [0.29, 0.717) is 34.3 Å². The van der Waals surface area contributed by atoms with Crippen molar-refractivity contribution in [3.63, 3.8) is 0 Å². The molecule has 2 N–H and O–H groups in total. The number of aromatic nitrogens is 2. The van der Waals surface area contributed by atoms with E-state index in [1.165, 1.54) is 11.8 Å². The molecule has 2 aliphatic rings. The number of rotatable bonds is 5. The normalized spacial score (nSPS) is 18.2. The molecule has 2 aromatic rings. The lowest BCUT2D eigenvalue weighted by molar-refractivity contribution is -0.116. The minimum Gasteiger partial charge on any atom is -0.497 e. The van der Waals surface area contributed by atoms with Crippen LogP contribution in [0.15, 0.2) is 58.1 Å². The van der Waals surface area contributed by atoms with Crippen molar-refractivity contribution in [1.82, 2.24) is 9.97 Å². The number of methoxy groups -OCH3 is 1. The van der Waals surface area contributed by atoms with E-state index in [2.05, 4.69) is 21.9 Å². The fourth-order valence-corrected chi connectivity index (χ4v) is 4.37. The third-order valence-corrected chi connectivity index (χ3v) is 5.89. The molecule has 28 heavy (non-hydrogen) atoms. The van der Waals surface area contributed by atoms with Crippen molar-refractivity contribution < 1.29 is 9.53 Å². The van der Waals surface area contributed by atoms with Gasteiger partial charge in [0.1, 0.15) is 11.6 Å². The molecule has 1 aromatic heterocycles. The van der Waals surface area contributed by atoms with Crippen molar-refractivity contribution in [3.05, 3.63) is 69.7 Å². The molecule has 0 saturated heterocycles. The van der Waals surface area contributed by atoms with Gasteiger partial charge in [-0.05, 0) is 30.5 Å². The molecule has 1 aliphatic carbocycles. The van der Waals surface area contributed by atoms with Crippen LogP contribution in [0, 0.1) is 0 Å². The zero-order valence-electron chi connectivity index (χ0n) is 15.6. The van der Waals surface area contributed by atoms with Gasteiger partial charge in [-0.2, -0.15) is 0 Å². The molecule has 0 radical (unpaired) electrons. The zero-order valence-corrected chi connectivity index (χ0v) is 16.4. The van der Waals surface area contributed by atoms with Crippen LogP contribution in [0.5, 0.6) is 5.75 Å². The summed E-state index contributed by atoms with van der Waals surface area (Å²) in [6.07, 6.45) is 3.84. The fourth-order valence-electron chi connectivity index (χ4n) is 3.78. The van der Waals surface area contributed by atoms with Crippen molar-refractivity contribution in [3.8, 4) is 5.75 Å². The number of hydrogen-bond acceptors (Lipinski definition) is 6. The number of benzene rings is 1. The number of nitrogens with zero attached hydrogens (tertiary/aromatic N) is 1. The molecule has 0 unspecified atom stereocenters. The molecule has 1 atom stereocenters. The van der Waals surface area contributed by atoms with E-state index in [1.54, 1.807) is 13.2 Å². The highest BCUT2D eigenvalue weighted by Gasteiger charge is 2.37. The van der Waals surface area contributed by atoms with Gasteiger partial charge in [0.05, 0.1) is 12.7 Å². The van der Waals surface area contributed by atoms with Crippen LogP contribution in [0.4, 0.5) is 5.82 Å². The second-order valence-corrected chi connectivity index (χ2v) is 7.74. The van der Waals surface area contributed by atoms with Gasteiger partial charge in [0.2, 0.25) is 0 Å². The Morgan fingerprint density at radius 1 is 1.29 bits per heavy atom. The first kappa shape index (κ1) is 18.6. The SMILES string of the molecule is C=CCSc1nc2c(c(=O)[nH]1)[C@H](c1ccc(OC)cc1)C1=C(CCCC1=O)N2. The number of hydrogen-bond donors (Lipinski definition) is 2. The number of allylic oxidation sites excluding steroid dienone is 2. The summed E-state index contributed by atoms with van der Waals surface area (Å²) >= 11 is 1.42. The van der Waals surface area contributed by atoms with Gasteiger partial charge in [-0.1, -0.05) is 30.0 Å². The van der Waals surface area contributed by atoms with E-state index < -0.39 is 5.92 Å². The molecule has 7 heteroatoms. The average molecular weight is 395 g/mol. The predicted octanol–water partition coefficient (Wildman–Crippen LogP) is 3.62. The third-order valence-electron chi connectivity index (χ3n) is 5.02. The van der Waals surface area contributed by atoms with Crippen LogP contribution in [-0.2, 0) is 4.79 Å². The van der Waals surface area contributed by atoms with Crippen molar-refractivity contribution in [1.29, 1.82) is 0 Å². The maximum atomic E-state index is 13.0. The quantitative estimate of drug-likeness (QED) is 0.457. The number of ether oxygens (including phenoxy) is 1.